The molecule has 1 saturated carbocycles. The highest BCUT2D eigenvalue weighted by Crippen LogP contribution is 2.33. The van der Waals surface area contributed by atoms with Crippen LogP contribution in [-0.4, -0.2) is 28.7 Å². The molecule has 3 aromatic rings. The Labute approximate surface area is 180 Å². The standard InChI is InChI=1S/C26H22N2O3/c1-17-7-5-6-10-23(17)28-25(30)21-14-11-19(15-22(21)26(28)31)24(29)27(20-12-13-20)16-18-8-3-2-4-9-18/h2-11,14-15,20H,12-13,16H2,1H3. The highest BCUT2D eigenvalue weighted by atomic mass is 16.2. The molecule has 5 nitrogen and oxygen atoms in total. The van der Waals surface area contributed by atoms with Gasteiger partial charge in [-0.1, -0.05) is 48.5 Å². The summed E-state index contributed by atoms with van der Waals surface area (Å²) in [4.78, 5) is 42.5. The number of carbonyl (C=O) groups is 3. The fourth-order valence-corrected chi connectivity index (χ4v) is 4.11. The first-order valence-corrected chi connectivity index (χ1v) is 10.5. The summed E-state index contributed by atoms with van der Waals surface area (Å²) < 4.78 is 0. The van der Waals surface area contributed by atoms with Gasteiger partial charge in [0.1, 0.15) is 0 Å². The van der Waals surface area contributed by atoms with Crippen LogP contribution in [0, 0.1) is 6.92 Å². The zero-order valence-electron chi connectivity index (χ0n) is 17.2. The molecule has 5 rings (SSSR count). The van der Waals surface area contributed by atoms with Gasteiger partial charge in [-0.3, -0.25) is 14.4 Å². The molecule has 0 radical (unpaired) electrons. The molecule has 1 aliphatic heterocycles. The maximum atomic E-state index is 13.3. The van der Waals surface area contributed by atoms with Crippen LogP contribution in [0.5, 0.6) is 0 Å². The lowest BCUT2D eigenvalue weighted by atomic mass is 10.0. The van der Waals surface area contributed by atoms with Crippen LogP contribution in [0.3, 0.4) is 0 Å². The molecular formula is C26H22N2O3. The average molecular weight is 410 g/mol. The van der Waals surface area contributed by atoms with Crippen molar-refractivity contribution in [2.75, 3.05) is 4.90 Å². The van der Waals surface area contributed by atoms with Crippen molar-refractivity contribution in [1.29, 1.82) is 0 Å². The molecule has 5 heteroatoms. The van der Waals surface area contributed by atoms with E-state index in [1.165, 1.54) is 4.90 Å². The van der Waals surface area contributed by atoms with E-state index in [1.54, 1.807) is 30.3 Å². The van der Waals surface area contributed by atoms with Crippen molar-refractivity contribution < 1.29 is 14.4 Å². The summed E-state index contributed by atoms with van der Waals surface area (Å²) in [5, 5.41) is 0. The van der Waals surface area contributed by atoms with E-state index in [0.29, 0.717) is 23.4 Å². The molecule has 0 spiro atoms. The third kappa shape index (κ3) is 3.42. The zero-order chi connectivity index (χ0) is 21.5. The Morgan fingerprint density at radius 1 is 0.903 bits per heavy atom. The molecule has 3 amide bonds. The Balaban J connectivity index is 1.46. The average Bonchev–Trinajstić information content (AvgIpc) is 3.60. The number of anilines is 1. The minimum absolute atomic E-state index is 0.108. The molecule has 1 aliphatic carbocycles. The lowest BCUT2D eigenvalue weighted by Gasteiger charge is -2.23. The summed E-state index contributed by atoms with van der Waals surface area (Å²) in [5.74, 6) is -0.842. The van der Waals surface area contributed by atoms with Gasteiger partial charge in [0.25, 0.3) is 17.7 Å². The highest BCUT2D eigenvalue weighted by molar-refractivity contribution is 6.35. The van der Waals surface area contributed by atoms with E-state index in [1.807, 2.05) is 54.3 Å². The van der Waals surface area contributed by atoms with Crippen LogP contribution in [0.1, 0.15) is 55.0 Å². The molecule has 3 aromatic carbocycles. The molecule has 0 aromatic heterocycles. The summed E-state index contributed by atoms with van der Waals surface area (Å²) in [5.41, 5.74) is 3.55. The van der Waals surface area contributed by atoms with Crippen LogP contribution in [0.25, 0.3) is 0 Å². The lowest BCUT2D eigenvalue weighted by Crippen LogP contribution is -2.32. The topological polar surface area (TPSA) is 57.7 Å². The van der Waals surface area contributed by atoms with Crippen molar-refractivity contribution in [3.05, 3.63) is 101 Å². The number of aryl methyl sites for hydroxylation is 1. The van der Waals surface area contributed by atoms with Gasteiger partial charge in [0, 0.05) is 18.2 Å². The van der Waals surface area contributed by atoms with Gasteiger partial charge in [0.2, 0.25) is 0 Å². The molecule has 0 unspecified atom stereocenters. The van der Waals surface area contributed by atoms with Gasteiger partial charge in [-0.2, -0.15) is 0 Å². The monoisotopic (exact) mass is 410 g/mol. The van der Waals surface area contributed by atoms with Gasteiger partial charge in [0.15, 0.2) is 0 Å². The van der Waals surface area contributed by atoms with Crippen molar-refractivity contribution >= 4 is 23.4 Å². The second-order valence-electron chi connectivity index (χ2n) is 8.14. The number of carbonyl (C=O) groups excluding carboxylic acids is 3. The maximum Gasteiger partial charge on any atom is 0.266 e. The van der Waals surface area contributed by atoms with Crippen LogP contribution < -0.4 is 4.90 Å². The number of nitrogens with zero attached hydrogens (tertiary/aromatic N) is 2. The molecule has 0 bridgehead atoms. The second kappa shape index (κ2) is 7.51. The third-order valence-corrected chi connectivity index (χ3v) is 5.93. The first-order valence-electron chi connectivity index (χ1n) is 10.5. The van der Waals surface area contributed by atoms with Crippen LogP contribution >= 0.6 is 0 Å². The van der Waals surface area contributed by atoms with Gasteiger partial charge in [-0.05, 0) is 55.2 Å². The minimum atomic E-state index is -0.384. The summed E-state index contributed by atoms with van der Waals surface area (Å²) in [6, 6.07) is 22.3. The first kappa shape index (κ1) is 19.2. The van der Waals surface area contributed by atoms with Gasteiger partial charge in [-0.15, -0.1) is 0 Å². The summed E-state index contributed by atoms with van der Waals surface area (Å²) in [7, 11) is 0. The second-order valence-corrected chi connectivity index (χ2v) is 8.14. The summed E-state index contributed by atoms with van der Waals surface area (Å²) in [6.07, 6.45) is 1.98. The number of para-hydroxylation sites is 1. The van der Waals surface area contributed by atoms with E-state index in [4.69, 9.17) is 0 Å². The SMILES string of the molecule is Cc1ccccc1N1C(=O)c2ccc(C(=O)N(Cc3ccccc3)C3CC3)cc2C1=O. The molecule has 0 atom stereocenters. The minimum Gasteiger partial charge on any atom is -0.331 e. The van der Waals surface area contributed by atoms with Gasteiger partial charge in [0.05, 0.1) is 16.8 Å². The molecular weight excluding hydrogens is 388 g/mol. The normalized spacial score (nSPS) is 15.2. The molecule has 31 heavy (non-hydrogen) atoms. The molecule has 154 valence electrons. The Morgan fingerprint density at radius 3 is 2.29 bits per heavy atom. The van der Waals surface area contributed by atoms with E-state index < -0.39 is 0 Å². The highest BCUT2D eigenvalue weighted by Gasteiger charge is 2.39. The molecule has 1 fully saturated rings. The van der Waals surface area contributed by atoms with Crippen molar-refractivity contribution in [3.63, 3.8) is 0 Å². The largest absolute Gasteiger partial charge is 0.331 e. The molecule has 0 N–H and O–H groups in total. The predicted molar refractivity (Wildman–Crippen MR) is 118 cm³/mol. The zero-order valence-corrected chi connectivity index (χ0v) is 17.2. The molecule has 2 aliphatic rings. The first-order chi connectivity index (χ1) is 15.0. The van der Waals surface area contributed by atoms with Crippen LogP contribution in [0.4, 0.5) is 5.69 Å². The van der Waals surface area contributed by atoms with Crippen molar-refractivity contribution in [3.8, 4) is 0 Å². The number of imide groups is 1. The Bertz CT molecular complexity index is 1200. The maximum absolute atomic E-state index is 13.3. The third-order valence-electron chi connectivity index (χ3n) is 5.93. The van der Waals surface area contributed by atoms with E-state index in [-0.39, 0.29) is 29.3 Å². The fraction of sp³-hybridized carbons (Fsp3) is 0.192. The summed E-state index contributed by atoms with van der Waals surface area (Å²) in [6.45, 7) is 2.40. The van der Waals surface area contributed by atoms with Gasteiger partial charge in [-0.25, -0.2) is 4.90 Å². The number of rotatable bonds is 5. The van der Waals surface area contributed by atoms with Crippen LogP contribution in [0.15, 0.2) is 72.8 Å². The molecule has 1 heterocycles. The Kier molecular flexibility index (Phi) is 4.66. The van der Waals surface area contributed by atoms with E-state index in [2.05, 4.69) is 0 Å². The quantitative estimate of drug-likeness (QED) is 0.578. The van der Waals surface area contributed by atoms with E-state index in [9.17, 15) is 14.4 Å². The fourth-order valence-electron chi connectivity index (χ4n) is 4.11. The van der Waals surface area contributed by atoms with Crippen molar-refractivity contribution in [1.82, 2.24) is 4.90 Å². The Morgan fingerprint density at radius 2 is 1.58 bits per heavy atom. The lowest BCUT2D eigenvalue weighted by molar-refractivity contribution is 0.0729. The van der Waals surface area contributed by atoms with Crippen molar-refractivity contribution in [2.24, 2.45) is 0 Å². The van der Waals surface area contributed by atoms with Crippen LogP contribution in [0.2, 0.25) is 0 Å². The van der Waals surface area contributed by atoms with E-state index in [0.717, 1.165) is 24.0 Å². The number of amides is 3. The van der Waals surface area contributed by atoms with Gasteiger partial charge < -0.3 is 4.90 Å². The predicted octanol–water partition coefficient (Wildman–Crippen LogP) is 4.60. The smallest absolute Gasteiger partial charge is 0.266 e. The molecule has 0 saturated heterocycles. The van der Waals surface area contributed by atoms with Gasteiger partial charge >= 0.3 is 0 Å². The van der Waals surface area contributed by atoms with E-state index >= 15 is 0 Å². The van der Waals surface area contributed by atoms with Crippen LogP contribution in [-0.2, 0) is 6.54 Å². The Hall–Kier alpha value is -3.73. The van der Waals surface area contributed by atoms with Crippen molar-refractivity contribution in [2.45, 2.75) is 32.4 Å². The number of fused-ring (bicyclic) bond motifs is 1. The number of hydrogen-bond donors (Lipinski definition) is 0. The number of benzene rings is 3. The summed E-state index contributed by atoms with van der Waals surface area (Å²) >= 11 is 0. The number of hydrogen-bond acceptors (Lipinski definition) is 3.